The summed E-state index contributed by atoms with van der Waals surface area (Å²) in [6.07, 6.45) is 2.37. The zero-order valence-electron chi connectivity index (χ0n) is 15.2. The Kier molecular flexibility index (Phi) is 5.21. The van der Waals surface area contributed by atoms with Gasteiger partial charge in [0.25, 0.3) is 5.91 Å². The molecule has 1 aromatic heterocycles. The van der Waals surface area contributed by atoms with Crippen molar-refractivity contribution in [2.75, 3.05) is 31.6 Å². The van der Waals surface area contributed by atoms with Gasteiger partial charge in [0, 0.05) is 31.7 Å². The van der Waals surface area contributed by atoms with E-state index in [2.05, 4.69) is 29.4 Å². The number of hydrogen-bond donors (Lipinski definition) is 1. The van der Waals surface area contributed by atoms with Gasteiger partial charge in [0.05, 0.1) is 15.3 Å². The average molecular weight is 404 g/mol. The van der Waals surface area contributed by atoms with E-state index in [0.29, 0.717) is 22.2 Å². The van der Waals surface area contributed by atoms with Crippen molar-refractivity contribution >= 4 is 40.4 Å². The maximum absolute atomic E-state index is 12.5. The smallest absolute Gasteiger partial charge is 0.261 e. The fourth-order valence-electron chi connectivity index (χ4n) is 3.74. The second-order valence-corrected chi connectivity index (χ2v) is 8.95. The van der Waals surface area contributed by atoms with Crippen LogP contribution in [0.4, 0.5) is 5.69 Å². The number of carbonyl (C=O) groups excluding carboxylic acids is 2. The Hall–Kier alpha value is -1.89. The minimum absolute atomic E-state index is 0.0511. The van der Waals surface area contributed by atoms with Crippen molar-refractivity contribution < 1.29 is 9.59 Å². The topological polar surface area (TPSA) is 52.6 Å². The van der Waals surface area contributed by atoms with Crippen molar-refractivity contribution in [1.82, 2.24) is 10.2 Å². The molecule has 0 radical (unpaired) electrons. The Balaban J connectivity index is 1.46. The van der Waals surface area contributed by atoms with E-state index in [9.17, 15) is 9.59 Å². The van der Waals surface area contributed by atoms with E-state index in [-0.39, 0.29) is 17.9 Å². The minimum atomic E-state index is -0.184. The van der Waals surface area contributed by atoms with Crippen molar-refractivity contribution in [3.05, 3.63) is 50.7 Å². The van der Waals surface area contributed by atoms with Gasteiger partial charge >= 0.3 is 0 Å². The molecule has 142 valence electrons. The molecule has 0 unspecified atom stereocenters. The summed E-state index contributed by atoms with van der Waals surface area (Å²) in [6, 6.07) is 9.56. The molecule has 0 bridgehead atoms. The lowest BCUT2D eigenvalue weighted by atomic mass is 10.0. The maximum Gasteiger partial charge on any atom is 0.261 e. The van der Waals surface area contributed by atoms with E-state index in [1.54, 1.807) is 17.0 Å². The van der Waals surface area contributed by atoms with Gasteiger partial charge in [-0.15, -0.1) is 11.3 Å². The van der Waals surface area contributed by atoms with E-state index < -0.39 is 0 Å². The number of halogens is 1. The summed E-state index contributed by atoms with van der Waals surface area (Å²) in [5.41, 5.74) is 3.62. The van der Waals surface area contributed by atoms with Crippen LogP contribution in [0.2, 0.25) is 4.34 Å². The average Bonchev–Trinajstić information content (AvgIpc) is 3.18. The Bertz CT molecular complexity index is 882. The second-order valence-electron chi connectivity index (χ2n) is 7.24. The Labute approximate surface area is 167 Å². The quantitative estimate of drug-likeness (QED) is 0.857. The molecule has 1 aromatic carbocycles. The minimum Gasteiger partial charge on any atom is -0.346 e. The lowest BCUT2D eigenvalue weighted by molar-refractivity contribution is -0.117. The summed E-state index contributed by atoms with van der Waals surface area (Å²) in [6.45, 7) is 2.60. The number of benzene rings is 1. The Morgan fingerprint density at radius 1 is 1.19 bits per heavy atom. The molecular weight excluding hydrogens is 382 g/mol. The van der Waals surface area contributed by atoms with E-state index in [0.717, 1.165) is 31.6 Å². The summed E-state index contributed by atoms with van der Waals surface area (Å²) >= 11 is 7.14. The number of thiophene rings is 1. The summed E-state index contributed by atoms with van der Waals surface area (Å²) in [4.78, 5) is 29.6. The van der Waals surface area contributed by atoms with Crippen molar-refractivity contribution in [3.8, 4) is 0 Å². The van der Waals surface area contributed by atoms with Gasteiger partial charge in [-0.05, 0) is 55.3 Å². The van der Waals surface area contributed by atoms with E-state index in [1.807, 2.05) is 6.07 Å². The van der Waals surface area contributed by atoms with Crippen molar-refractivity contribution in [3.63, 3.8) is 0 Å². The number of rotatable bonds is 3. The normalized spacial score (nSPS) is 20.4. The first-order chi connectivity index (χ1) is 13.0. The molecule has 4 rings (SSSR count). The number of carbonyl (C=O) groups is 2. The fourth-order valence-corrected chi connectivity index (χ4v) is 4.68. The Morgan fingerprint density at radius 2 is 1.96 bits per heavy atom. The summed E-state index contributed by atoms with van der Waals surface area (Å²) < 4.78 is 0.583. The summed E-state index contributed by atoms with van der Waals surface area (Å²) in [5, 5.41) is 2.96. The van der Waals surface area contributed by atoms with Gasteiger partial charge in [0.15, 0.2) is 0 Å². The fraction of sp³-hybridized carbons (Fsp3) is 0.400. The zero-order chi connectivity index (χ0) is 19.0. The second kappa shape index (κ2) is 7.62. The maximum atomic E-state index is 12.5. The molecule has 2 amide bonds. The van der Waals surface area contributed by atoms with Crippen LogP contribution in [0.1, 0.15) is 27.2 Å². The molecule has 2 aromatic rings. The first kappa shape index (κ1) is 18.5. The number of nitrogens with one attached hydrogen (secondary N) is 1. The lowest BCUT2D eigenvalue weighted by Crippen LogP contribution is -2.36. The van der Waals surface area contributed by atoms with E-state index in [1.165, 1.54) is 22.5 Å². The number of amides is 2. The highest BCUT2D eigenvalue weighted by Crippen LogP contribution is 2.27. The van der Waals surface area contributed by atoms with Crippen LogP contribution >= 0.6 is 22.9 Å². The molecule has 1 saturated heterocycles. The van der Waals surface area contributed by atoms with Gasteiger partial charge < -0.3 is 15.1 Å². The van der Waals surface area contributed by atoms with Gasteiger partial charge in [0.2, 0.25) is 5.91 Å². The van der Waals surface area contributed by atoms with Crippen LogP contribution in [-0.4, -0.2) is 49.4 Å². The van der Waals surface area contributed by atoms with E-state index >= 15 is 0 Å². The molecule has 2 aliphatic rings. The first-order valence-corrected chi connectivity index (χ1v) is 10.4. The summed E-state index contributed by atoms with van der Waals surface area (Å²) in [7, 11) is 2.14. The molecule has 1 atom stereocenters. The van der Waals surface area contributed by atoms with Gasteiger partial charge in [-0.1, -0.05) is 17.7 Å². The van der Waals surface area contributed by atoms with Crippen LogP contribution in [-0.2, 0) is 17.6 Å². The lowest BCUT2D eigenvalue weighted by Gasteiger charge is -2.19. The van der Waals surface area contributed by atoms with Crippen LogP contribution in [0.15, 0.2) is 30.3 Å². The van der Waals surface area contributed by atoms with Gasteiger partial charge in [-0.3, -0.25) is 9.59 Å². The van der Waals surface area contributed by atoms with Gasteiger partial charge in [-0.25, -0.2) is 0 Å². The van der Waals surface area contributed by atoms with Crippen molar-refractivity contribution in [2.45, 2.75) is 25.3 Å². The molecule has 3 heterocycles. The number of likely N-dealkylation sites (N-methyl/N-ethyl adjacent to an activating group) is 1. The molecule has 0 aliphatic carbocycles. The molecular formula is C20H22ClN3O2S. The van der Waals surface area contributed by atoms with Crippen LogP contribution in [0.5, 0.6) is 0 Å². The van der Waals surface area contributed by atoms with Crippen LogP contribution in [0, 0.1) is 0 Å². The largest absolute Gasteiger partial charge is 0.346 e. The predicted molar refractivity (Wildman–Crippen MR) is 109 cm³/mol. The highest BCUT2D eigenvalue weighted by atomic mass is 35.5. The highest BCUT2D eigenvalue weighted by Gasteiger charge is 2.32. The molecule has 1 N–H and O–H groups in total. The van der Waals surface area contributed by atoms with Crippen molar-refractivity contribution in [1.29, 1.82) is 0 Å². The molecule has 0 saturated carbocycles. The molecule has 0 spiro atoms. The standard InChI is InChI=1S/C20H22ClN3O2S/c1-23-8-6-13-2-3-16(10-14(13)7-9-23)24-12-15(11-19(24)25)22-20(26)17-4-5-18(21)27-17/h2-5,10,15H,6-9,11-12H2,1H3,(H,22,26)/t15-/m1/s1. The first-order valence-electron chi connectivity index (χ1n) is 9.16. The third kappa shape index (κ3) is 4.03. The SMILES string of the molecule is CN1CCc2ccc(N3C[C@H](NC(=O)c4ccc(Cl)s4)CC3=O)cc2CC1. The molecule has 2 aliphatic heterocycles. The van der Waals surface area contributed by atoms with Crippen LogP contribution in [0.3, 0.4) is 0 Å². The van der Waals surface area contributed by atoms with Crippen molar-refractivity contribution in [2.24, 2.45) is 0 Å². The predicted octanol–water partition coefficient (Wildman–Crippen LogP) is 2.97. The number of hydrogen-bond acceptors (Lipinski definition) is 4. The number of anilines is 1. The third-order valence-corrected chi connectivity index (χ3v) is 6.51. The molecule has 1 fully saturated rings. The molecule has 27 heavy (non-hydrogen) atoms. The van der Waals surface area contributed by atoms with Crippen LogP contribution in [0.25, 0.3) is 0 Å². The monoisotopic (exact) mass is 403 g/mol. The van der Waals surface area contributed by atoms with Crippen LogP contribution < -0.4 is 10.2 Å². The molecule has 5 nitrogen and oxygen atoms in total. The molecule has 7 heteroatoms. The zero-order valence-corrected chi connectivity index (χ0v) is 16.8. The van der Waals surface area contributed by atoms with E-state index in [4.69, 9.17) is 11.6 Å². The number of nitrogens with zero attached hydrogens (tertiary/aromatic N) is 2. The number of fused-ring (bicyclic) bond motifs is 1. The van der Waals surface area contributed by atoms with Gasteiger partial charge in [-0.2, -0.15) is 0 Å². The third-order valence-electron chi connectivity index (χ3n) is 5.28. The van der Waals surface area contributed by atoms with Gasteiger partial charge in [0.1, 0.15) is 0 Å². The highest BCUT2D eigenvalue weighted by molar-refractivity contribution is 7.18. The summed E-state index contributed by atoms with van der Waals surface area (Å²) in [5.74, 6) is -0.119. The Morgan fingerprint density at radius 3 is 2.70 bits per heavy atom.